The smallest absolute Gasteiger partial charge is 0.123 e. The minimum absolute atomic E-state index is 0.0578. The second kappa shape index (κ2) is 6.37. The summed E-state index contributed by atoms with van der Waals surface area (Å²) in [5, 5.41) is 0. The molecule has 0 unspecified atom stereocenters. The van der Waals surface area contributed by atoms with Gasteiger partial charge in [-0.1, -0.05) is 6.07 Å². The second-order valence-corrected chi connectivity index (χ2v) is 5.69. The highest BCUT2D eigenvalue weighted by atomic mass is 16.5. The van der Waals surface area contributed by atoms with Crippen LogP contribution in [0.4, 0.5) is 0 Å². The van der Waals surface area contributed by atoms with E-state index in [1.54, 1.807) is 0 Å². The fourth-order valence-electron chi connectivity index (χ4n) is 2.73. The lowest BCUT2D eigenvalue weighted by Gasteiger charge is -2.32. The molecule has 1 saturated heterocycles. The van der Waals surface area contributed by atoms with Gasteiger partial charge in [0.1, 0.15) is 11.9 Å². The van der Waals surface area contributed by atoms with Crippen LogP contribution in [0.25, 0.3) is 0 Å². The first-order valence-corrected chi connectivity index (χ1v) is 7.50. The Balaban J connectivity index is 1.68. The summed E-state index contributed by atoms with van der Waals surface area (Å²) in [4.78, 5) is 11.3. The number of hydrogen-bond donors (Lipinski definition) is 0. The van der Waals surface area contributed by atoms with Gasteiger partial charge in [0.25, 0.3) is 0 Å². The molecule has 0 aliphatic carbocycles. The summed E-state index contributed by atoms with van der Waals surface area (Å²) in [5.74, 6) is 1.12. The molecule has 1 atom stereocenters. The maximum absolute atomic E-state index is 5.86. The first-order chi connectivity index (χ1) is 10.2. The van der Waals surface area contributed by atoms with E-state index in [-0.39, 0.29) is 6.10 Å². The van der Waals surface area contributed by atoms with Gasteiger partial charge in [0.05, 0.1) is 18.8 Å². The lowest BCUT2D eigenvalue weighted by Crippen LogP contribution is -2.38. The molecule has 1 fully saturated rings. The minimum atomic E-state index is 0.0578. The Hall–Kier alpha value is -1.72. The summed E-state index contributed by atoms with van der Waals surface area (Å²) in [6.07, 6.45) is 5.81. The number of pyridine rings is 1. The number of hydrogen-bond acceptors (Lipinski definition) is 4. The molecule has 1 aliphatic heterocycles. The van der Waals surface area contributed by atoms with Crippen LogP contribution in [0.2, 0.25) is 0 Å². The molecule has 0 amide bonds. The zero-order valence-corrected chi connectivity index (χ0v) is 12.6. The lowest BCUT2D eigenvalue weighted by atomic mass is 10.2. The monoisotopic (exact) mass is 286 g/mol. The van der Waals surface area contributed by atoms with Crippen LogP contribution in [0.1, 0.15) is 37.5 Å². The van der Waals surface area contributed by atoms with Crippen molar-refractivity contribution in [3.63, 3.8) is 0 Å². The van der Waals surface area contributed by atoms with E-state index >= 15 is 0 Å². The molecule has 21 heavy (non-hydrogen) atoms. The fourth-order valence-corrected chi connectivity index (χ4v) is 2.73. The molecule has 1 aliphatic rings. The molecule has 2 aromatic heterocycles. The van der Waals surface area contributed by atoms with E-state index in [4.69, 9.17) is 4.74 Å². The van der Waals surface area contributed by atoms with Crippen LogP contribution in [-0.4, -0.2) is 39.1 Å². The van der Waals surface area contributed by atoms with Crippen LogP contribution in [0.5, 0.6) is 0 Å². The van der Waals surface area contributed by atoms with E-state index in [2.05, 4.69) is 39.5 Å². The maximum Gasteiger partial charge on any atom is 0.123 e. The Morgan fingerprint density at radius 2 is 2.19 bits per heavy atom. The molecule has 2 aromatic rings. The van der Waals surface area contributed by atoms with Gasteiger partial charge in [-0.25, -0.2) is 4.98 Å². The van der Waals surface area contributed by atoms with Crippen molar-refractivity contribution in [1.29, 1.82) is 0 Å². The van der Waals surface area contributed by atoms with Crippen molar-refractivity contribution in [3.8, 4) is 0 Å². The number of ether oxygens (including phenoxy) is 1. The average Bonchev–Trinajstić information content (AvgIpc) is 2.97. The third-order valence-electron chi connectivity index (χ3n) is 3.84. The highest BCUT2D eigenvalue weighted by molar-refractivity contribution is 5.08. The molecule has 5 nitrogen and oxygen atoms in total. The quantitative estimate of drug-likeness (QED) is 0.866. The SMILES string of the molecule is CC(C)n1ccnc1CN1CCO[C@@H](c2ccccn2)C1. The van der Waals surface area contributed by atoms with Gasteiger partial charge in [0.15, 0.2) is 0 Å². The van der Waals surface area contributed by atoms with Crippen molar-refractivity contribution in [2.24, 2.45) is 0 Å². The van der Waals surface area contributed by atoms with Crippen molar-refractivity contribution in [2.75, 3.05) is 19.7 Å². The molecule has 0 radical (unpaired) electrons. The largest absolute Gasteiger partial charge is 0.369 e. The number of nitrogens with zero attached hydrogens (tertiary/aromatic N) is 4. The molecular formula is C16H22N4O. The molecule has 0 spiro atoms. The summed E-state index contributed by atoms with van der Waals surface area (Å²) in [6.45, 7) is 7.76. The lowest BCUT2D eigenvalue weighted by molar-refractivity contribution is -0.0360. The van der Waals surface area contributed by atoms with Crippen LogP contribution in [0.15, 0.2) is 36.8 Å². The Bertz CT molecular complexity index is 567. The van der Waals surface area contributed by atoms with Crippen LogP contribution in [0.3, 0.4) is 0 Å². The number of imidazole rings is 1. The standard InChI is InChI=1S/C16H22N4O/c1-13(2)20-8-7-18-16(20)12-19-9-10-21-15(11-19)14-5-3-4-6-17-14/h3-8,13,15H,9-12H2,1-2H3/t15-/m1/s1. The molecule has 112 valence electrons. The molecule has 0 N–H and O–H groups in total. The molecule has 3 rings (SSSR count). The van der Waals surface area contributed by atoms with Crippen LogP contribution < -0.4 is 0 Å². The first-order valence-electron chi connectivity index (χ1n) is 7.50. The molecule has 3 heterocycles. The van der Waals surface area contributed by atoms with Gasteiger partial charge in [-0.15, -0.1) is 0 Å². The zero-order valence-electron chi connectivity index (χ0n) is 12.6. The van der Waals surface area contributed by atoms with Crippen molar-refractivity contribution in [2.45, 2.75) is 32.5 Å². The van der Waals surface area contributed by atoms with Crippen LogP contribution in [-0.2, 0) is 11.3 Å². The molecule has 0 aromatic carbocycles. The Kier molecular flexibility index (Phi) is 4.31. The van der Waals surface area contributed by atoms with Crippen LogP contribution in [0, 0.1) is 0 Å². The second-order valence-electron chi connectivity index (χ2n) is 5.69. The predicted octanol–water partition coefficient (Wildman–Crippen LogP) is 2.43. The molecule has 5 heteroatoms. The van der Waals surface area contributed by atoms with Gasteiger partial charge in [-0.3, -0.25) is 9.88 Å². The maximum atomic E-state index is 5.86. The molecule has 0 saturated carbocycles. The summed E-state index contributed by atoms with van der Waals surface area (Å²) < 4.78 is 8.09. The van der Waals surface area contributed by atoms with Crippen molar-refractivity contribution < 1.29 is 4.74 Å². The Morgan fingerprint density at radius 1 is 1.29 bits per heavy atom. The van der Waals surface area contributed by atoms with E-state index in [0.29, 0.717) is 6.04 Å². The van der Waals surface area contributed by atoms with Crippen LogP contribution >= 0.6 is 0 Å². The van der Waals surface area contributed by atoms with Crippen molar-refractivity contribution >= 4 is 0 Å². The van der Waals surface area contributed by atoms with Crippen molar-refractivity contribution in [1.82, 2.24) is 19.4 Å². The van der Waals surface area contributed by atoms with Gasteiger partial charge in [0, 0.05) is 37.7 Å². The minimum Gasteiger partial charge on any atom is -0.369 e. The summed E-state index contributed by atoms with van der Waals surface area (Å²) in [7, 11) is 0. The van der Waals surface area contributed by atoms with Gasteiger partial charge < -0.3 is 9.30 Å². The number of morpholine rings is 1. The van der Waals surface area contributed by atoms with Crippen molar-refractivity contribution in [3.05, 3.63) is 48.3 Å². The van der Waals surface area contributed by atoms with Gasteiger partial charge in [0.2, 0.25) is 0 Å². The van der Waals surface area contributed by atoms with Gasteiger partial charge in [-0.05, 0) is 26.0 Å². The summed E-state index contributed by atoms with van der Waals surface area (Å²) >= 11 is 0. The number of rotatable bonds is 4. The first kappa shape index (κ1) is 14.2. The van der Waals surface area contributed by atoms with Gasteiger partial charge >= 0.3 is 0 Å². The van der Waals surface area contributed by atoms with Gasteiger partial charge in [-0.2, -0.15) is 0 Å². The van der Waals surface area contributed by atoms with E-state index in [1.807, 2.05) is 30.6 Å². The topological polar surface area (TPSA) is 43.2 Å². The molecular weight excluding hydrogens is 264 g/mol. The number of aromatic nitrogens is 3. The fraction of sp³-hybridized carbons (Fsp3) is 0.500. The Morgan fingerprint density at radius 3 is 2.95 bits per heavy atom. The zero-order chi connectivity index (χ0) is 14.7. The predicted molar refractivity (Wildman–Crippen MR) is 80.8 cm³/mol. The van der Waals surface area contributed by atoms with E-state index in [0.717, 1.165) is 37.8 Å². The summed E-state index contributed by atoms with van der Waals surface area (Å²) in [5.41, 5.74) is 1.01. The highest BCUT2D eigenvalue weighted by Crippen LogP contribution is 2.21. The van der Waals surface area contributed by atoms with E-state index in [1.165, 1.54) is 0 Å². The third kappa shape index (κ3) is 3.31. The normalized spacial score (nSPS) is 20.0. The Labute approximate surface area is 125 Å². The van der Waals surface area contributed by atoms with E-state index < -0.39 is 0 Å². The molecule has 0 bridgehead atoms. The van der Waals surface area contributed by atoms with E-state index in [9.17, 15) is 0 Å². The average molecular weight is 286 g/mol. The highest BCUT2D eigenvalue weighted by Gasteiger charge is 2.24. The summed E-state index contributed by atoms with van der Waals surface area (Å²) in [6, 6.07) is 6.42. The third-order valence-corrected chi connectivity index (χ3v) is 3.84.